The lowest BCUT2D eigenvalue weighted by molar-refractivity contribution is 0.615. The molecule has 0 amide bonds. The standard InChI is InChI=1S/C35H28N2O/c1-3-23-20-24(4-2)34-31(21-23)36-35(38-34)26-16-14-25(15-17-26)27-18-19-33-30(22-27)29-12-8-9-13-32(29)37(33)28-10-6-5-7-11-28/h5-22H,3-4H2,1-2H3. The van der Waals surface area contributed by atoms with E-state index < -0.39 is 0 Å². The Labute approximate surface area is 222 Å². The van der Waals surface area contributed by atoms with Crippen LogP contribution in [0.25, 0.3) is 61.2 Å². The first-order chi connectivity index (χ1) is 18.7. The number of aromatic nitrogens is 2. The second kappa shape index (κ2) is 9.04. The number of para-hydroxylation sites is 2. The topological polar surface area (TPSA) is 31.0 Å². The van der Waals surface area contributed by atoms with Gasteiger partial charge in [0.1, 0.15) is 5.52 Å². The van der Waals surface area contributed by atoms with E-state index in [9.17, 15) is 0 Å². The molecule has 0 radical (unpaired) electrons. The summed E-state index contributed by atoms with van der Waals surface area (Å²) in [5.41, 5.74) is 11.3. The monoisotopic (exact) mass is 492 g/mol. The normalized spacial score (nSPS) is 11.6. The lowest BCUT2D eigenvalue weighted by Gasteiger charge is -2.08. The van der Waals surface area contributed by atoms with Crippen LogP contribution in [0.15, 0.2) is 114 Å². The van der Waals surface area contributed by atoms with Crippen molar-refractivity contribution in [3.63, 3.8) is 0 Å². The van der Waals surface area contributed by atoms with Gasteiger partial charge in [-0.1, -0.05) is 74.5 Å². The summed E-state index contributed by atoms with van der Waals surface area (Å²) in [4.78, 5) is 4.84. The summed E-state index contributed by atoms with van der Waals surface area (Å²) in [7, 11) is 0. The Morgan fingerprint density at radius 1 is 0.632 bits per heavy atom. The minimum Gasteiger partial charge on any atom is -0.436 e. The Bertz CT molecular complexity index is 1930. The molecule has 2 aromatic heterocycles. The predicted molar refractivity (Wildman–Crippen MR) is 158 cm³/mol. The first-order valence-electron chi connectivity index (χ1n) is 13.3. The Hall–Kier alpha value is -4.63. The summed E-state index contributed by atoms with van der Waals surface area (Å²) >= 11 is 0. The van der Waals surface area contributed by atoms with Crippen molar-refractivity contribution in [1.82, 2.24) is 9.55 Å². The van der Waals surface area contributed by atoms with Crippen molar-refractivity contribution < 1.29 is 4.42 Å². The second-order valence-corrected chi connectivity index (χ2v) is 9.83. The minimum atomic E-state index is 0.677. The molecule has 0 unspecified atom stereocenters. The molecule has 3 nitrogen and oxygen atoms in total. The number of nitrogens with zero attached hydrogens (tertiary/aromatic N) is 2. The first-order valence-corrected chi connectivity index (χ1v) is 13.3. The van der Waals surface area contributed by atoms with Gasteiger partial charge in [0, 0.05) is 22.0 Å². The van der Waals surface area contributed by atoms with Crippen LogP contribution in [0.5, 0.6) is 0 Å². The molecule has 2 heterocycles. The van der Waals surface area contributed by atoms with Gasteiger partial charge in [0.05, 0.1) is 11.0 Å². The van der Waals surface area contributed by atoms with Gasteiger partial charge in [-0.15, -0.1) is 0 Å². The van der Waals surface area contributed by atoms with Gasteiger partial charge in [-0.25, -0.2) is 4.98 Å². The molecule has 0 atom stereocenters. The second-order valence-electron chi connectivity index (χ2n) is 9.83. The molecule has 184 valence electrons. The highest BCUT2D eigenvalue weighted by Crippen LogP contribution is 2.35. The highest BCUT2D eigenvalue weighted by Gasteiger charge is 2.15. The summed E-state index contributed by atoms with van der Waals surface area (Å²) in [6.45, 7) is 4.34. The number of rotatable bonds is 5. The molecular formula is C35H28N2O. The number of hydrogen-bond acceptors (Lipinski definition) is 2. The molecule has 38 heavy (non-hydrogen) atoms. The van der Waals surface area contributed by atoms with Crippen LogP contribution in [0.2, 0.25) is 0 Å². The third-order valence-electron chi connectivity index (χ3n) is 7.57. The molecule has 3 heteroatoms. The van der Waals surface area contributed by atoms with Crippen LogP contribution in [-0.2, 0) is 12.8 Å². The predicted octanol–water partition coefficient (Wildman–Crippen LogP) is 9.38. The molecule has 0 fully saturated rings. The molecule has 0 saturated heterocycles. The fourth-order valence-electron chi connectivity index (χ4n) is 5.57. The molecule has 0 spiro atoms. The van der Waals surface area contributed by atoms with Crippen molar-refractivity contribution in [2.45, 2.75) is 26.7 Å². The van der Waals surface area contributed by atoms with E-state index in [0.717, 1.165) is 29.5 Å². The summed E-state index contributed by atoms with van der Waals surface area (Å²) in [5, 5.41) is 2.51. The van der Waals surface area contributed by atoms with Crippen LogP contribution < -0.4 is 0 Å². The lowest BCUT2D eigenvalue weighted by Crippen LogP contribution is -1.92. The van der Waals surface area contributed by atoms with Crippen LogP contribution in [0.3, 0.4) is 0 Å². The quantitative estimate of drug-likeness (QED) is 0.240. The fraction of sp³-hybridized carbons (Fsp3) is 0.114. The Kier molecular flexibility index (Phi) is 5.36. The SMILES string of the molecule is CCc1cc(CC)c2oc(-c3ccc(-c4ccc5c(c4)c4ccccc4n5-c4ccccc4)cc3)nc2c1. The van der Waals surface area contributed by atoms with Gasteiger partial charge in [-0.2, -0.15) is 0 Å². The largest absolute Gasteiger partial charge is 0.436 e. The Morgan fingerprint density at radius 2 is 1.34 bits per heavy atom. The van der Waals surface area contributed by atoms with E-state index in [2.05, 4.69) is 128 Å². The van der Waals surface area contributed by atoms with Crippen LogP contribution in [-0.4, -0.2) is 9.55 Å². The summed E-state index contributed by atoms with van der Waals surface area (Å²) in [5.74, 6) is 0.677. The van der Waals surface area contributed by atoms with Gasteiger partial charge in [0.15, 0.2) is 5.58 Å². The zero-order chi connectivity index (χ0) is 25.6. The molecule has 0 N–H and O–H groups in total. The van der Waals surface area contributed by atoms with Gasteiger partial charge < -0.3 is 8.98 Å². The van der Waals surface area contributed by atoms with Crippen LogP contribution >= 0.6 is 0 Å². The van der Waals surface area contributed by atoms with Crippen molar-refractivity contribution >= 4 is 32.9 Å². The number of aryl methyl sites for hydroxylation is 2. The van der Waals surface area contributed by atoms with E-state index in [4.69, 9.17) is 9.40 Å². The summed E-state index contributed by atoms with van der Waals surface area (Å²) in [6.07, 6.45) is 1.93. The average molecular weight is 493 g/mol. The van der Waals surface area contributed by atoms with Crippen LogP contribution in [0.4, 0.5) is 0 Å². The maximum atomic E-state index is 6.26. The number of hydrogen-bond donors (Lipinski definition) is 0. The molecule has 0 aliphatic carbocycles. The van der Waals surface area contributed by atoms with E-state index >= 15 is 0 Å². The first kappa shape index (κ1) is 22.6. The minimum absolute atomic E-state index is 0.677. The van der Waals surface area contributed by atoms with E-state index in [0.29, 0.717) is 5.89 Å². The third-order valence-corrected chi connectivity index (χ3v) is 7.57. The van der Waals surface area contributed by atoms with Gasteiger partial charge in [-0.3, -0.25) is 0 Å². The third kappa shape index (κ3) is 3.62. The summed E-state index contributed by atoms with van der Waals surface area (Å²) in [6, 6.07) is 38.9. The average Bonchev–Trinajstić information content (AvgIpc) is 3.56. The van der Waals surface area contributed by atoms with Crippen LogP contribution in [0.1, 0.15) is 25.0 Å². The highest BCUT2D eigenvalue weighted by atomic mass is 16.3. The molecule has 7 aromatic rings. The number of oxazole rings is 1. The van der Waals surface area contributed by atoms with Gasteiger partial charge in [-0.05, 0) is 83.6 Å². The van der Waals surface area contributed by atoms with Crippen molar-refractivity contribution in [1.29, 1.82) is 0 Å². The molecule has 0 saturated carbocycles. The molecule has 7 rings (SSSR count). The van der Waals surface area contributed by atoms with Gasteiger partial charge in [0.2, 0.25) is 5.89 Å². The molecule has 0 aliphatic rings. The fourth-order valence-corrected chi connectivity index (χ4v) is 5.57. The van der Waals surface area contributed by atoms with Crippen molar-refractivity contribution in [3.05, 3.63) is 120 Å². The van der Waals surface area contributed by atoms with Gasteiger partial charge in [0.25, 0.3) is 0 Å². The zero-order valence-electron chi connectivity index (χ0n) is 21.6. The molecule has 5 aromatic carbocycles. The zero-order valence-corrected chi connectivity index (χ0v) is 21.6. The van der Waals surface area contributed by atoms with Crippen molar-refractivity contribution in [2.75, 3.05) is 0 Å². The van der Waals surface area contributed by atoms with Crippen LogP contribution in [0, 0.1) is 0 Å². The smallest absolute Gasteiger partial charge is 0.227 e. The summed E-state index contributed by atoms with van der Waals surface area (Å²) < 4.78 is 8.60. The maximum Gasteiger partial charge on any atom is 0.227 e. The van der Waals surface area contributed by atoms with E-state index in [-0.39, 0.29) is 0 Å². The maximum absolute atomic E-state index is 6.26. The molecule has 0 bridgehead atoms. The van der Waals surface area contributed by atoms with Crippen molar-refractivity contribution in [3.8, 4) is 28.3 Å². The van der Waals surface area contributed by atoms with E-state index in [1.165, 1.54) is 49.7 Å². The molecule has 0 aliphatic heterocycles. The van der Waals surface area contributed by atoms with Gasteiger partial charge >= 0.3 is 0 Å². The molecular weight excluding hydrogens is 464 g/mol. The van der Waals surface area contributed by atoms with Crippen molar-refractivity contribution in [2.24, 2.45) is 0 Å². The highest BCUT2D eigenvalue weighted by molar-refractivity contribution is 6.10. The van der Waals surface area contributed by atoms with E-state index in [1.54, 1.807) is 0 Å². The number of benzene rings is 5. The van der Waals surface area contributed by atoms with E-state index in [1.807, 2.05) is 0 Å². The Balaban J connectivity index is 1.30. The number of fused-ring (bicyclic) bond motifs is 4. The lowest BCUT2D eigenvalue weighted by atomic mass is 10.0. The Morgan fingerprint density at radius 3 is 2.13 bits per heavy atom.